The van der Waals surface area contributed by atoms with Crippen molar-refractivity contribution in [2.24, 2.45) is 0 Å². The van der Waals surface area contributed by atoms with Gasteiger partial charge in [0, 0.05) is 25.4 Å². The summed E-state index contributed by atoms with van der Waals surface area (Å²) >= 11 is 1.66. The largest absolute Gasteiger partial charge is 0.486 e. The highest BCUT2D eigenvalue weighted by atomic mass is 32.2. The van der Waals surface area contributed by atoms with E-state index in [9.17, 15) is 0 Å². The van der Waals surface area contributed by atoms with E-state index in [1.807, 2.05) is 24.3 Å². The van der Waals surface area contributed by atoms with E-state index in [0.29, 0.717) is 6.61 Å². The van der Waals surface area contributed by atoms with E-state index < -0.39 is 0 Å². The fourth-order valence-corrected chi connectivity index (χ4v) is 3.94. The Kier molecular flexibility index (Phi) is 4.98. The first-order chi connectivity index (χ1) is 12.3. The number of morpholine rings is 1. The maximum absolute atomic E-state index is 6.02. The average Bonchev–Trinajstić information content (AvgIpc) is 3.10. The first-order valence-corrected chi connectivity index (χ1v) is 9.61. The highest BCUT2D eigenvalue weighted by Crippen LogP contribution is 2.32. The second-order valence-electron chi connectivity index (χ2n) is 5.93. The number of benzene rings is 1. The van der Waals surface area contributed by atoms with Crippen molar-refractivity contribution in [1.82, 2.24) is 14.8 Å². The average molecular weight is 362 g/mol. The van der Waals surface area contributed by atoms with Crippen molar-refractivity contribution in [3.63, 3.8) is 0 Å². The van der Waals surface area contributed by atoms with Gasteiger partial charge in [-0.25, -0.2) is 0 Å². The van der Waals surface area contributed by atoms with Crippen LogP contribution in [0.4, 0.5) is 5.95 Å². The third-order valence-corrected chi connectivity index (χ3v) is 5.37. The first kappa shape index (κ1) is 16.5. The van der Waals surface area contributed by atoms with Crippen LogP contribution in [0.1, 0.15) is 6.92 Å². The molecular formula is C17H22N4O3S. The van der Waals surface area contributed by atoms with Gasteiger partial charge in [0.05, 0.1) is 13.2 Å². The van der Waals surface area contributed by atoms with Crippen molar-refractivity contribution >= 4 is 17.7 Å². The molecule has 3 heterocycles. The molecule has 2 aliphatic rings. The van der Waals surface area contributed by atoms with Crippen molar-refractivity contribution in [1.29, 1.82) is 0 Å². The van der Waals surface area contributed by atoms with Crippen LogP contribution in [-0.4, -0.2) is 59.5 Å². The Morgan fingerprint density at radius 1 is 1.16 bits per heavy atom. The van der Waals surface area contributed by atoms with Crippen LogP contribution in [0.2, 0.25) is 0 Å². The quantitative estimate of drug-likeness (QED) is 0.755. The van der Waals surface area contributed by atoms with Crippen LogP contribution in [-0.2, 0) is 11.3 Å². The summed E-state index contributed by atoms with van der Waals surface area (Å²) in [5.41, 5.74) is 0. The zero-order chi connectivity index (χ0) is 17.1. The normalized spacial score (nSPS) is 19.9. The van der Waals surface area contributed by atoms with Gasteiger partial charge in [0.25, 0.3) is 0 Å². The first-order valence-electron chi connectivity index (χ1n) is 8.62. The van der Waals surface area contributed by atoms with Crippen LogP contribution in [0.5, 0.6) is 11.5 Å². The van der Waals surface area contributed by atoms with E-state index in [2.05, 4.69) is 26.6 Å². The van der Waals surface area contributed by atoms with Crippen molar-refractivity contribution < 1.29 is 14.2 Å². The van der Waals surface area contributed by atoms with E-state index in [4.69, 9.17) is 14.2 Å². The lowest BCUT2D eigenvalue weighted by atomic mass is 10.3. The minimum absolute atomic E-state index is 0.00810. The number of nitrogens with zero attached hydrogens (tertiary/aromatic N) is 4. The van der Waals surface area contributed by atoms with Gasteiger partial charge in [0.2, 0.25) is 5.95 Å². The van der Waals surface area contributed by atoms with E-state index in [-0.39, 0.29) is 6.10 Å². The van der Waals surface area contributed by atoms with Gasteiger partial charge in [-0.1, -0.05) is 23.9 Å². The molecule has 0 spiro atoms. The molecule has 1 aromatic heterocycles. The number of thioether (sulfide) groups is 1. The van der Waals surface area contributed by atoms with Gasteiger partial charge in [-0.3, -0.25) is 4.57 Å². The van der Waals surface area contributed by atoms with Crippen molar-refractivity contribution in [3.8, 4) is 11.5 Å². The monoisotopic (exact) mass is 362 g/mol. The molecule has 0 N–H and O–H groups in total. The highest BCUT2D eigenvalue weighted by Gasteiger charge is 2.24. The molecule has 4 rings (SSSR count). The predicted octanol–water partition coefficient (Wildman–Crippen LogP) is 2.07. The van der Waals surface area contributed by atoms with Gasteiger partial charge in [0.1, 0.15) is 12.7 Å². The fourth-order valence-electron chi connectivity index (χ4n) is 2.97. The van der Waals surface area contributed by atoms with Gasteiger partial charge in [-0.05, 0) is 19.1 Å². The summed E-state index contributed by atoms with van der Waals surface area (Å²) in [4.78, 5) is 2.24. The molecule has 25 heavy (non-hydrogen) atoms. The molecule has 1 saturated heterocycles. The Morgan fingerprint density at radius 3 is 2.76 bits per heavy atom. The Balaban J connectivity index is 1.41. The number of hydrogen-bond acceptors (Lipinski definition) is 7. The molecule has 2 aromatic rings. The maximum atomic E-state index is 6.02. The van der Waals surface area contributed by atoms with Gasteiger partial charge < -0.3 is 19.1 Å². The molecule has 0 saturated carbocycles. The number of aromatic nitrogens is 3. The van der Waals surface area contributed by atoms with Crippen LogP contribution in [0, 0.1) is 0 Å². The molecule has 0 aliphatic carbocycles. The summed E-state index contributed by atoms with van der Waals surface area (Å²) in [6, 6.07) is 7.78. The van der Waals surface area contributed by atoms with Crippen LogP contribution in [0.25, 0.3) is 0 Å². The zero-order valence-corrected chi connectivity index (χ0v) is 15.1. The van der Waals surface area contributed by atoms with E-state index in [0.717, 1.165) is 61.2 Å². The zero-order valence-electron chi connectivity index (χ0n) is 14.3. The number of para-hydroxylation sites is 2. The predicted molar refractivity (Wildman–Crippen MR) is 95.8 cm³/mol. The van der Waals surface area contributed by atoms with Gasteiger partial charge in [-0.15, -0.1) is 10.2 Å². The van der Waals surface area contributed by atoms with Crippen molar-refractivity contribution in [2.45, 2.75) is 24.7 Å². The Hall–Kier alpha value is -1.93. The van der Waals surface area contributed by atoms with Crippen molar-refractivity contribution in [3.05, 3.63) is 24.3 Å². The highest BCUT2D eigenvalue weighted by molar-refractivity contribution is 7.99. The summed E-state index contributed by atoms with van der Waals surface area (Å²) < 4.78 is 19.4. The number of hydrogen-bond donors (Lipinski definition) is 0. The van der Waals surface area contributed by atoms with Gasteiger partial charge >= 0.3 is 0 Å². The third-order valence-electron chi connectivity index (χ3n) is 4.27. The third kappa shape index (κ3) is 3.55. The second kappa shape index (κ2) is 7.53. The molecule has 1 atom stereocenters. The summed E-state index contributed by atoms with van der Waals surface area (Å²) in [7, 11) is 0. The molecule has 7 nitrogen and oxygen atoms in total. The maximum Gasteiger partial charge on any atom is 0.228 e. The Morgan fingerprint density at radius 2 is 1.96 bits per heavy atom. The van der Waals surface area contributed by atoms with Crippen molar-refractivity contribution in [2.75, 3.05) is 43.6 Å². The van der Waals surface area contributed by atoms with E-state index >= 15 is 0 Å². The summed E-state index contributed by atoms with van der Waals surface area (Å²) in [5.74, 6) is 3.33. The molecule has 0 bridgehead atoms. The fraction of sp³-hybridized carbons (Fsp3) is 0.529. The van der Waals surface area contributed by atoms with E-state index in [1.165, 1.54) is 0 Å². The number of ether oxygens (including phenoxy) is 3. The summed E-state index contributed by atoms with van der Waals surface area (Å²) in [6.45, 7) is 6.72. The van der Waals surface area contributed by atoms with Crippen LogP contribution in [0.3, 0.4) is 0 Å². The van der Waals surface area contributed by atoms with Crippen LogP contribution < -0.4 is 14.4 Å². The minimum Gasteiger partial charge on any atom is -0.486 e. The SMILES string of the molecule is CCn1c(SC[C@H]2COc3ccccc3O2)nnc1N1CCOCC1. The lowest BCUT2D eigenvalue weighted by Gasteiger charge is -2.28. The lowest BCUT2D eigenvalue weighted by Crippen LogP contribution is -2.38. The molecule has 2 aliphatic heterocycles. The summed E-state index contributed by atoms with van der Waals surface area (Å²) in [5, 5.41) is 9.71. The number of fused-ring (bicyclic) bond motifs is 1. The Labute approximate surface area is 151 Å². The van der Waals surface area contributed by atoms with Gasteiger partial charge in [0.15, 0.2) is 16.7 Å². The second-order valence-corrected chi connectivity index (χ2v) is 6.92. The molecule has 0 unspecified atom stereocenters. The molecule has 1 aromatic carbocycles. The molecule has 0 radical (unpaired) electrons. The lowest BCUT2D eigenvalue weighted by molar-refractivity contribution is 0.107. The van der Waals surface area contributed by atoms with Crippen LogP contribution >= 0.6 is 11.8 Å². The number of rotatable bonds is 5. The molecule has 8 heteroatoms. The summed E-state index contributed by atoms with van der Waals surface area (Å²) in [6.07, 6.45) is 0.00810. The van der Waals surface area contributed by atoms with Crippen LogP contribution in [0.15, 0.2) is 29.4 Å². The standard InChI is InChI=1S/C17H22N4O3S/c1-2-21-16(20-7-9-22-10-8-20)18-19-17(21)25-12-13-11-23-14-5-3-4-6-15(14)24-13/h3-6,13H,2,7-12H2,1H3/t13-/m1/s1. The molecule has 1 fully saturated rings. The van der Waals surface area contributed by atoms with Gasteiger partial charge in [-0.2, -0.15) is 0 Å². The number of anilines is 1. The van der Waals surface area contributed by atoms with E-state index in [1.54, 1.807) is 11.8 Å². The smallest absolute Gasteiger partial charge is 0.228 e. The molecular weight excluding hydrogens is 340 g/mol. The topological polar surface area (TPSA) is 61.6 Å². The minimum atomic E-state index is 0.00810. The Bertz CT molecular complexity index is 718. The molecule has 134 valence electrons. The molecule has 0 amide bonds.